The van der Waals surface area contributed by atoms with Gasteiger partial charge in [-0.3, -0.25) is 0 Å². The van der Waals surface area contributed by atoms with E-state index >= 15 is 0 Å². The number of aliphatic carboxylic acids is 8. The third kappa shape index (κ3) is 19.8. The molecule has 6 heterocycles. The van der Waals surface area contributed by atoms with Gasteiger partial charge in [0.25, 0.3) is 0 Å². The van der Waals surface area contributed by atoms with Gasteiger partial charge in [-0.2, -0.15) is 0 Å². The number of hydrogen-bond acceptors (Lipinski definition) is 28. The van der Waals surface area contributed by atoms with E-state index in [0.29, 0.717) is 0 Å². The van der Waals surface area contributed by atoms with Crippen LogP contribution in [0.5, 0.6) is 0 Å². The van der Waals surface area contributed by atoms with Crippen molar-refractivity contribution in [3.8, 4) is 0 Å². The van der Waals surface area contributed by atoms with Gasteiger partial charge >= 0.3 is 138 Å². The summed E-state index contributed by atoms with van der Waals surface area (Å²) in [7, 11) is -40.7. The molecule has 0 amide bonds. The van der Waals surface area contributed by atoms with Crippen molar-refractivity contribution in [1.29, 1.82) is 0 Å². The number of carbonyl (C=O) groups is 8. The molecule has 40 heteroatoms. The Morgan fingerprint density at radius 2 is 0.292 bits per heavy atom. The molecule has 6 aliphatic heterocycles. The molecule has 0 aromatic carbocycles. The van der Waals surface area contributed by atoms with Crippen LogP contribution >= 0.6 is 0 Å². The van der Waals surface area contributed by atoms with Crippen molar-refractivity contribution in [2.45, 2.75) is 151 Å². The predicted molar refractivity (Wildman–Crippen MR) is 211 cm³/mol. The largest absolute Gasteiger partial charge is 2.00 e. The first-order valence-electron chi connectivity index (χ1n) is 21.8. The number of carboxylic acids is 8. The molecule has 0 aromatic heterocycles. The third-order valence-electron chi connectivity index (χ3n) is 10.6. The van der Waals surface area contributed by atoms with Gasteiger partial charge < -0.3 is 129 Å². The first-order valence-corrected chi connectivity index (χ1v) is 37.3. The van der Waals surface area contributed by atoms with Crippen molar-refractivity contribution >= 4 is 118 Å². The van der Waals surface area contributed by atoms with E-state index < -0.39 is 218 Å². The van der Waals surface area contributed by atoms with Gasteiger partial charge in [-0.1, -0.05) is 0 Å². The van der Waals surface area contributed by atoms with Gasteiger partial charge in [0.2, 0.25) is 0 Å². The summed E-state index contributed by atoms with van der Waals surface area (Å²) in [5.74, 6) is -12.5. The van der Waals surface area contributed by atoms with E-state index in [0.717, 1.165) is 0 Å². The Bertz CT molecular complexity index is 1470. The summed E-state index contributed by atoms with van der Waals surface area (Å²) in [4.78, 5) is 95.4. The van der Waals surface area contributed by atoms with E-state index in [2.05, 4.69) is 0 Å². The standard InChI is InChI=1S/C32H56O28Si8.4Co/c33-25(34)9-1-17-61-49-62(18-2-10-26(35)36)52-65(21-5-13-29(41)42)54-63(50-61,19-3-11-27(37)38)56-67(23-7-15-31(45)46)57-64(51-61,20-4-12-28(39)40)55-66(53-62,22-6-14-30(43)44)59-68(58-65,60-67)24-8-16-32(47)48;;;;/h1-24H2,(H,33,34)(H,35,36)(H,37,38)(H,39,40)(H,41,42)(H,43,44)(H,45,46)(H,47,48);;;;/q;4*+2/p-8. The zero-order chi connectivity index (χ0) is 50.1. The Balaban J connectivity index is 0.00000648. The molecule has 28 nitrogen and oxygen atoms in total. The van der Waals surface area contributed by atoms with Crippen LogP contribution in [0.3, 0.4) is 0 Å². The van der Waals surface area contributed by atoms with Crippen LogP contribution in [-0.4, -0.2) is 118 Å². The smallest absolute Gasteiger partial charge is 0.550 e. The normalized spacial score (nSPS) is 31.8. The quantitative estimate of drug-likeness (QED) is 0.0565. The Hall–Kier alpha value is -0.959. The fraction of sp³-hybridized carbons (Fsp3) is 0.750. The number of carboxylic acid groups (broad SMARTS) is 8. The van der Waals surface area contributed by atoms with Gasteiger partial charge in [-0.05, 0) is 103 Å². The first-order chi connectivity index (χ1) is 31.8. The minimum absolute atomic E-state index is 0. The van der Waals surface area contributed by atoms with E-state index in [1.54, 1.807) is 0 Å². The number of rotatable bonds is 32. The number of carbonyl (C=O) groups excluding carboxylic acids is 8. The average molecular weight is 1340 g/mol. The Morgan fingerprint density at radius 3 is 0.361 bits per heavy atom. The summed E-state index contributed by atoms with van der Waals surface area (Å²) in [6.45, 7) is 0. The summed E-state index contributed by atoms with van der Waals surface area (Å²) in [5.41, 5.74) is 0. The molecule has 72 heavy (non-hydrogen) atoms. The monoisotopic (exact) mass is 1340 g/mol. The Kier molecular flexibility index (Phi) is 27.9. The van der Waals surface area contributed by atoms with Crippen molar-refractivity contribution in [1.82, 2.24) is 0 Å². The molecule has 6 saturated heterocycles. The van der Waals surface area contributed by atoms with Crippen molar-refractivity contribution in [3.05, 3.63) is 0 Å². The maximum absolute atomic E-state index is 11.9. The zero-order valence-electron chi connectivity index (χ0n) is 37.7. The molecule has 6 rings (SSSR count). The number of hydrogen-bond donors (Lipinski definition) is 0. The van der Waals surface area contributed by atoms with Crippen LogP contribution in [-0.2, 0) is 155 Å². The minimum atomic E-state index is -5.09. The molecule has 0 spiro atoms. The van der Waals surface area contributed by atoms with Crippen LogP contribution in [0.4, 0.5) is 0 Å². The Labute approximate surface area is 461 Å². The molecule has 0 atom stereocenters. The average Bonchev–Trinajstić information content (AvgIpc) is 3.13. The molecule has 0 aliphatic carbocycles. The molecule has 0 unspecified atom stereocenters. The van der Waals surface area contributed by atoms with E-state index in [4.69, 9.17) is 49.4 Å². The molecule has 0 aromatic rings. The van der Waals surface area contributed by atoms with E-state index in [1.807, 2.05) is 0 Å². The molecule has 412 valence electrons. The van der Waals surface area contributed by atoms with Crippen LogP contribution in [0.2, 0.25) is 48.4 Å². The fourth-order valence-electron chi connectivity index (χ4n) is 8.16. The summed E-state index contributed by atoms with van der Waals surface area (Å²) >= 11 is 0. The second kappa shape index (κ2) is 29.1. The van der Waals surface area contributed by atoms with Gasteiger partial charge in [0.05, 0.1) is 0 Å². The second-order valence-corrected chi connectivity index (χ2v) is 41.2. The molecule has 6 fully saturated rings. The predicted octanol–water partition coefficient (Wildman–Crippen LogP) is -8.00. The molecule has 8 bridgehead atoms. The molecular formula is C32H48Co4O28Si8. The Morgan fingerprint density at radius 1 is 0.208 bits per heavy atom. The SMILES string of the molecule is O=C([O-])CCC[Si]12O[Si]3(CCCC(=O)[O-])O[Si]4(CCCC(=O)[O-])O[Si](CCCC(=O)[O-])(O1)O[Si]1(CCCC(=O)[O-])O[Si](CCCC(=O)[O-])(O2)O[Si](CCCC(=O)[O-])(O3)O[Si](CCCC(=O)[O-])(O4)O1.[Co+2].[Co+2].[Co+2].[Co+2]. The first kappa shape index (κ1) is 69.1. The van der Waals surface area contributed by atoms with Crippen LogP contribution < -0.4 is 40.9 Å². The maximum atomic E-state index is 11.9. The van der Waals surface area contributed by atoms with E-state index in [-0.39, 0.29) is 118 Å². The third-order valence-corrected chi connectivity index (χ3v) is 48.2. The topological polar surface area (TPSA) is 432 Å². The zero-order valence-corrected chi connectivity index (χ0v) is 49.9. The molecule has 0 N–H and O–H groups in total. The molecule has 6 aliphatic rings. The van der Waals surface area contributed by atoms with Gasteiger partial charge in [-0.25, -0.2) is 0 Å². The summed E-state index contributed by atoms with van der Waals surface area (Å²) < 4.78 is 84.2. The van der Waals surface area contributed by atoms with Crippen LogP contribution in [0.1, 0.15) is 103 Å². The van der Waals surface area contributed by atoms with Crippen LogP contribution in [0, 0.1) is 0 Å². The van der Waals surface area contributed by atoms with Crippen molar-refractivity contribution in [2.75, 3.05) is 0 Å². The van der Waals surface area contributed by atoms with Crippen molar-refractivity contribution in [2.24, 2.45) is 0 Å². The van der Waals surface area contributed by atoms with Crippen LogP contribution in [0.25, 0.3) is 0 Å². The van der Waals surface area contributed by atoms with Gasteiger partial charge in [0, 0.05) is 96.1 Å². The van der Waals surface area contributed by atoms with Gasteiger partial charge in [-0.15, -0.1) is 0 Å². The van der Waals surface area contributed by atoms with Gasteiger partial charge in [0.1, 0.15) is 0 Å². The van der Waals surface area contributed by atoms with E-state index in [1.165, 1.54) is 0 Å². The molecule has 0 saturated carbocycles. The fourth-order valence-corrected chi connectivity index (χ4v) is 58.6. The molecule has 4 radical (unpaired) electrons. The summed E-state index contributed by atoms with van der Waals surface area (Å²) in [6, 6.07) is -4.37. The summed E-state index contributed by atoms with van der Waals surface area (Å²) in [6.07, 6.45) is -8.60. The van der Waals surface area contributed by atoms with Crippen molar-refractivity contribution < 1.29 is 196 Å². The van der Waals surface area contributed by atoms with Crippen molar-refractivity contribution in [3.63, 3.8) is 0 Å². The second-order valence-electron chi connectivity index (χ2n) is 16.5. The minimum Gasteiger partial charge on any atom is -0.550 e. The maximum Gasteiger partial charge on any atom is 2.00 e. The van der Waals surface area contributed by atoms with E-state index in [9.17, 15) is 79.2 Å². The molecular weight excluding hydrogens is 1290 g/mol. The van der Waals surface area contributed by atoms with Gasteiger partial charge in [0.15, 0.2) is 0 Å². The van der Waals surface area contributed by atoms with Crippen LogP contribution in [0.15, 0.2) is 0 Å². The summed E-state index contributed by atoms with van der Waals surface area (Å²) in [5, 5.41) is 95.4.